The first-order chi connectivity index (χ1) is 13.4. The van der Waals surface area contributed by atoms with Gasteiger partial charge in [0.05, 0.1) is 29.2 Å². The predicted molar refractivity (Wildman–Crippen MR) is 107 cm³/mol. The van der Waals surface area contributed by atoms with Crippen LogP contribution in [-0.4, -0.2) is 38.8 Å². The SMILES string of the molecule is COc1ccc(CNC(=O)CCS(=O)(=O)c2ccc3c(c2)NC(=O)CS3)cc1. The van der Waals surface area contributed by atoms with Gasteiger partial charge in [0.25, 0.3) is 0 Å². The van der Waals surface area contributed by atoms with Gasteiger partial charge in [-0.15, -0.1) is 11.8 Å². The molecule has 0 unspecified atom stereocenters. The minimum absolute atomic E-state index is 0.0944. The fourth-order valence-electron chi connectivity index (χ4n) is 2.63. The van der Waals surface area contributed by atoms with E-state index in [1.807, 2.05) is 12.1 Å². The van der Waals surface area contributed by atoms with Crippen LogP contribution >= 0.6 is 11.8 Å². The molecule has 0 aliphatic carbocycles. The van der Waals surface area contributed by atoms with Crippen molar-refractivity contribution in [3.8, 4) is 5.75 Å². The van der Waals surface area contributed by atoms with Crippen molar-refractivity contribution in [3.63, 3.8) is 0 Å². The monoisotopic (exact) mass is 420 g/mol. The zero-order valence-electron chi connectivity index (χ0n) is 15.2. The highest BCUT2D eigenvalue weighted by Gasteiger charge is 2.21. The summed E-state index contributed by atoms with van der Waals surface area (Å²) in [6.45, 7) is 0.310. The quantitative estimate of drug-likeness (QED) is 0.712. The van der Waals surface area contributed by atoms with Crippen LogP contribution in [0.1, 0.15) is 12.0 Å². The Morgan fingerprint density at radius 2 is 1.96 bits per heavy atom. The second-order valence-electron chi connectivity index (χ2n) is 6.19. The Kier molecular flexibility index (Phi) is 6.25. The van der Waals surface area contributed by atoms with Crippen LogP contribution in [0.3, 0.4) is 0 Å². The van der Waals surface area contributed by atoms with Gasteiger partial charge in [-0.3, -0.25) is 9.59 Å². The van der Waals surface area contributed by atoms with E-state index in [4.69, 9.17) is 4.74 Å². The first-order valence-corrected chi connectivity index (χ1v) is 11.2. The van der Waals surface area contributed by atoms with E-state index in [1.54, 1.807) is 25.3 Å². The van der Waals surface area contributed by atoms with Crippen LogP contribution in [0.2, 0.25) is 0 Å². The van der Waals surface area contributed by atoms with Crippen LogP contribution in [0.4, 0.5) is 5.69 Å². The molecular weight excluding hydrogens is 400 g/mol. The third-order valence-corrected chi connectivity index (χ3v) is 6.98. The van der Waals surface area contributed by atoms with Gasteiger partial charge in [-0.05, 0) is 35.9 Å². The van der Waals surface area contributed by atoms with Gasteiger partial charge < -0.3 is 15.4 Å². The van der Waals surface area contributed by atoms with E-state index in [-0.39, 0.29) is 28.9 Å². The standard InChI is InChI=1S/C19H20N2O5S2/c1-26-14-4-2-13(3-5-14)11-20-18(22)8-9-28(24,25)15-6-7-17-16(10-15)21-19(23)12-27-17/h2-7,10H,8-9,11-12H2,1H3,(H,20,22)(H,21,23). The molecule has 0 saturated heterocycles. The van der Waals surface area contributed by atoms with Gasteiger partial charge in [0, 0.05) is 17.9 Å². The maximum Gasteiger partial charge on any atom is 0.234 e. The normalized spacial score (nSPS) is 13.4. The van der Waals surface area contributed by atoms with Gasteiger partial charge in [-0.2, -0.15) is 0 Å². The number of carbonyl (C=O) groups is 2. The second-order valence-corrected chi connectivity index (χ2v) is 9.31. The van der Waals surface area contributed by atoms with Crippen LogP contribution in [0.15, 0.2) is 52.3 Å². The van der Waals surface area contributed by atoms with Crippen molar-refractivity contribution >= 4 is 39.1 Å². The summed E-state index contributed by atoms with van der Waals surface area (Å²) in [5, 5.41) is 5.38. The lowest BCUT2D eigenvalue weighted by Gasteiger charge is -2.17. The van der Waals surface area contributed by atoms with Gasteiger partial charge in [0.1, 0.15) is 5.75 Å². The zero-order valence-corrected chi connectivity index (χ0v) is 16.9. The van der Waals surface area contributed by atoms with E-state index in [9.17, 15) is 18.0 Å². The molecule has 0 saturated carbocycles. The molecule has 7 nitrogen and oxygen atoms in total. The minimum Gasteiger partial charge on any atom is -0.497 e. The largest absolute Gasteiger partial charge is 0.497 e. The van der Waals surface area contributed by atoms with Crippen molar-refractivity contribution in [3.05, 3.63) is 48.0 Å². The van der Waals surface area contributed by atoms with Gasteiger partial charge in [-0.25, -0.2) is 8.42 Å². The Balaban J connectivity index is 1.56. The van der Waals surface area contributed by atoms with Gasteiger partial charge in [-0.1, -0.05) is 12.1 Å². The fraction of sp³-hybridized carbons (Fsp3) is 0.263. The Bertz CT molecular complexity index is 988. The van der Waals surface area contributed by atoms with Crippen LogP contribution in [-0.2, 0) is 26.0 Å². The number of anilines is 1. The van der Waals surface area contributed by atoms with Crippen LogP contribution in [0.25, 0.3) is 0 Å². The van der Waals surface area contributed by atoms with E-state index < -0.39 is 9.84 Å². The van der Waals surface area contributed by atoms with Crippen LogP contribution in [0.5, 0.6) is 5.75 Å². The van der Waals surface area contributed by atoms with E-state index >= 15 is 0 Å². The molecule has 0 aromatic heterocycles. The summed E-state index contributed by atoms with van der Waals surface area (Å²) in [6.07, 6.45) is -0.142. The number of fused-ring (bicyclic) bond motifs is 1. The molecule has 28 heavy (non-hydrogen) atoms. The topological polar surface area (TPSA) is 102 Å². The summed E-state index contributed by atoms with van der Waals surface area (Å²) >= 11 is 1.36. The van der Waals surface area contributed by atoms with Crippen molar-refractivity contribution in [2.75, 3.05) is 23.9 Å². The number of benzene rings is 2. The van der Waals surface area contributed by atoms with Crippen molar-refractivity contribution in [1.29, 1.82) is 0 Å². The Morgan fingerprint density at radius 3 is 2.68 bits per heavy atom. The number of nitrogens with one attached hydrogen (secondary N) is 2. The molecule has 2 N–H and O–H groups in total. The summed E-state index contributed by atoms with van der Waals surface area (Å²) in [5.41, 5.74) is 1.38. The molecular formula is C19H20N2O5S2. The van der Waals surface area contributed by atoms with Gasteiger partial charge in [0.15, 0.2) is 9.84 Å². The number of carbonyl (C=O) groups excluding carboxylic acids is 2. The lowest BCUT2D eigenvalue weighted by Crippen LogP contribution is -2.25. The number of ether oxygens (including phenoxy) is 1. The van der Waals surface area contributed by atoms with E-state index in [1.165, 1.54) is 23.9 Å². The molecule has 0 radical (unpaired) electrons. The average molecular weight is 421 g/mol. The van der Waals surface area contributed by atoms with Crippen molar-refractivity contribution in [2.24, 2.45) is 0 Å². The first-order valence-electron chi connectivity index (χ1n) is 8.56. The summed E-state index contributed by atoms with van der Waals surface area (Å²) in [4.78, 5) is 24.4. The third kappa shape index (κ3) is 5.05. The molecule has 2 amide bonds. The smallest absolute Gasteiger partial charge is 0.234 e. The Morgan fingerprint density at radius 1 is 1.21 bits per heavy atom. The molecule has 3 rings (SSSR count). The number of methoxy groups -OCH3 is 1. The number of hydrogen-bond acceptors (Lipinski definition) is 6. The highest BCUT2D eigenvalue weighted by Crippen LogP contribution is 2.33. The van der Waals surface area contributed by atoms with Crippen molar-refractivity contribution < 1.29 is 22.7 Å². The molecule has 0 bridgehead atoms. The molecule has 148 valence electrons. The fourth-order valence-corrected chi connectivity index (χ4v) is 4.68. The number of thioether (sulfide) groups is 1. The summed E-state index contributed by atoms with van der Waals surface area (Å²) < 4.78 is 30.1. The Labute approximate surface area is 167 Å². The summed E-state index contributed by atoms with van der Waals surface area (Å²) in [5.74, 6) is 0.224. The molecule has 2 aromatic carbocycles. The lowest BCUT2D eigenvalue weighted by molar-refractivity contribution is -0.120. The molecule has 1 heterocycles. The number of rotatable bonds is 7. The molecule has 0 fully saturated rings. The number of sulfone groups is 1. The molecule has 2 aromatic rings. The zero-order chi connectivity index (χ0) is 20.1. The average Bonchev–Trinajstić information content (AvgIpc) is 2.70. The van der Waals surface area contributed by atoms with Crippen molar-refractivity contribution in [2.45, 2.75) is 22.8 Å². The van der Waals surface area contributed by atoms with E-state index in [0.29, 0.717) is 18.0 Å². The van der Waals surface area contributed by atoms with Gasteiger partial charge >= 0.3 is 0 Å². The maximum absolute atomic E-state index is 12.5. The second kappa shape index (κ2) is 8.66. The molecule has 1 aliphatic heterocycles. The highest BCUT2D eigenvalue weighted by atomic mass is 32.2. The first kappa shape index (κ1) is 20.2. The van der Waals surface area contributed by atoms with E-state index in [0.717, 1.165) is 16.2 Å². The van der Waals surface area contributed by atoms with E-state index in [2.05, 4.69) is 10.6 Å². The third-order valence-electron chi connectivity index (χ3n) is 4.19. The van der Waals surface area contributed by atoms with Gasteiger partial charge in [0.2, 0.25) is 11.8 Å². The number of hydrogen-bond donors (Lipinski definition) is 2. The Hall–Kier alpha value is -2.52. The molecule has 9 heteroatoms. The van der Waals surface area contributed by atoms with Crippen molar-refractivity contribution in [1.82, 2.24) is 5.32 Å². The molecule has 1 aliphatic rings. The number of amides is 2. The summed E-state index contributed by atoms with van der Waals surface area (Å²) in [6, 6.07) is 11.9. The maximum atomic E-state index is 12.5. The highest BCUT2D eigenvalue weighted by molar-refractivity contribution is 8.00. The van der Waals surface area contributed by atoms with Crippen LogP contribution in [0, 0.1) is 0 Å². The minimum atomic E-state index is -3.64. The summed E-state index contributed by atoms with van der Waals surface area (Å²) in [7, 11) is -2.06. The molecule has 0 atom stereocenters. The molecule has 0 spiro atoms. The van der Waals surface area contributed by atoms with Crippen LogP contribution < -0.4 is 15.4 Å². The lowest BCUT2D eigenvalue weighted by atomic mass is 10.2. The predicted octanol–water partition coefficient (Wildman–Crippen LogP) is 2.22.